The molecule has 0 aliphatic carbocycles. The van der Waals surface area contributed by atoms with Gasteiger partial charge >= 0.3 is 5.97 Å². The Bertz CT molecular complexity index is 754. The number of carbonyl (C=O) groups is 3. The zero-order chi connectivity index (χ0) is 17.5. The van der Waals surface area contributed by atoms with Gasteiger partial charge in [0.25, 0.3) is 11.8 Å². The Hall–Kier alpha value is -3.16. The molecule has 0 bridgehead atoms. The highest BCUT2D eigenvalue weighted by Gasteiger charge is 2.11. The molecule has 8 nitrogen and oxygen atoms in total. The highest BCUT2D eigenvalue weighted by Crippen LogP contribution is 2.13. The lowest BCUT2D eigenvalue weighted by Crippen LogP contribution is -2.34. The van der Waals surface area contributed by atoms with Gasteiger partial charge in [0.1, 0.15) is 11.5 Å². The first-order valence-electron chi connectivity index (χ1n) is 7.24. The lowest BCUT2D eigenvalue weighted by atomic mass is 10.2. The zero-order valence-electron chi connectivity index (χ0n) is 13.3. The maximum absolute atomic E-state index is 12.0. The standard InChI is InChI=1S/C16H17N3O5/c1-10-8-14(19-24-10)16(22)18-7-6-17-15(21)12-4-3-5-13(9-12)23-11(2)20/h3-5,8-9H,6-7H2,1-2H3,(H,17,21)(H,18,22). The first-order chi connectivity index (χ1) is 11.5. The Morgan fingerprint density at radius 3 is 2.46 bits per heavy atom. The fourth-order valence-corrected chi connectivity index (χ4v) is 1.88. The van der Waals surface area contributed by atoms with E-state index in [0.29, 0.717) is 17.1 Å². The molecule has 0 unspecified atom stereocenters. The van der Waals surface area contributed by atoms with Crippen LogP contribution in [0.4, 0.5) is 0 Å². The number of nitrogens with zero attached hydrogens (tertiary/aromatic N) is 1. The van der Waals surface area contributed by atoms with Crippen molar-refractivity contribution in [1.82, 2.24) is 15.8 Å². The largest absolute Gasteiger partial charge is 0.427 e. The van der Waals surface area contributed by atoms with Crippen LogP contribution in [0, 0.1) is 6.92 Å². The molecule has 0 aliphatic heterocycles. The Morgan fingerprint density at radius 1 is 1.12 bits per heavy atom. The molecule has 0 radical (unpaired) electrons. The van der Waals surface area contributed by atoms with E-state index in [9.17, 15) is 14.4 Å². The van der Waals surface area contributed by atoms with Gasteiger partial charge in [-0.15, -0.1) is 0 Å². The van der Waals surface area contributed by atoms with E-state index in [1.54, 1.807) is 25.1 Å². The number of aryl methyl sites for hydroxylation is 1. The van der Waals surface area contributed by atoms with Crippen LogP contribution >= 0.6 is 0 Å². The Labute approximate surface area is 138 Å². The fraction of sp³-hybridized carbons (Fsp3) is 0.250. The molecule has 1 heterocycles. The average Bonchev–Trinajstić information content (AvgIpc) is 2.97. The second kappa shape index (κ2) is 7.91. The van der Waals surface area contributed by atoms with E-state index < -0.39 is 5.97 Å². The van der Waals surface area contributed by atoms with E-state index in [0.717, 1.165) is 0 Å². The van der Waals surface area contributed by atoms with Gasteiger partial charge in [-0.05, 0) is 25.1 Å². The van der Waals surface area contributed by atoms with Gasteiger partial charge in [0.2, 0.25) is 0 Å². The summed E-state index contributed by atoms with van der Waals surface area (Å²) in [4.78, 5) is 34.6. The molecule has 0 saturated carbocycles. The fourth-order valence-electron chi connectivity index (χ4n) is 1.88. The van der Waals surface area contributed by atoms with Gasteiger partial charge in [-0.3, -0.25) is 14.4 Å². The summed E-state index contributed by atoms with van der Waals surface area (Å²) in [5.41, 5.74) is 0.542. The molecule has 1 aromatic carbocycles. The topological polar surface area (TPSA) is 111 Å². The smallest absolute Gasteiger partial charge is 0.308 e. The third-order valence-corrected chi connectivity index (χ3v) is 2.91. The van der Waals surface area contributed by atoms with Gasteiger partial charge in [-0.1, -0.05) is 11.2 Å². The molecule has 126 valence electrons. The second-order valence-electron chi connectivity index (χ2n) is 4.96. The normalized spacial score (nSPS) is 10.1. The number of aromatic nitrogens is 1. The zero-order valence-corrected chi connectivity index (χ0v) is 13.3. The Kier molecular flexibility index (Phi) is 5.67. The lowest BCUT2D eigenvalue weighted by Gasteiger charge is -2.07. The summed E-state index contributed by atoms with van der Waals surface area (Å²) < 4.78 is 9.73. The number of hydrogen-bond acceptors (Lipinski definition) is 6. The third-order valence-electron chi connectivity index (χ3n) is 2.91. The minimum Gasteiger partial charge on any atom is -0.427 e. The number of carbonyl (C=O) groups excluding carboxylic acids is 3. The highest BCUT2D eigenvalue weighted by molar-refractivity contribution is 5.95. The summed E-state index contributed by atoms with van der Waals surface area (Å²) in [6.45, 7) is 3.44. The SMILES string of the molecule is CC(=O)Oc1cccc(C(=O)NCCNC(=O)c2cc(C)on2)c1. The number of hydrogen-bond donors (Lipinski definition) is 2. The molecular weight excluding hydrogens is 314 g/mol. The molecule has 2 amide bonds. The highest BCUT2D eigenvalue weighted by atomic mass is 16.5. The van der Waals surface area contributed by atoms with Crippen molar-refractivity contribution in [2.75, 3.05) is 13.1 Å². The second-order valence-corrected chi connectivity index (χ2v) is 4.96. The third kappa shape index (κ3) is 4.94. The van der Waals surface area contributed by atoms with Crippen LogP contribution < -0.4 is 15.4 Å². The molecule has 24 heavy (non-hydrogen) atoms. The Morgan fingerprint density at radius 2 is 1.83 bits per heavy atom. The van der Waals surface area contributed by atoms with Crippen LogP contribution in [0.3, 0.4) is 0 Å². The number of nitrogens with one attached hydrogen (secondary N) is 2. The summed E-state index contributed by atoms with van der Waals surface area (Å²) >= 11 is 0. The van der Waals surface area contributed by atoms with Crippen LogP contribution in [-0.2, 0) is 4.79 Å². The monoisotopic (exact) mass is 331 g/mol. The number of benzene rings is 1. The van der Waals surface area contributed by atoms with Crippen LogP contribution in [0.25, 0.3) is 0 Å². The maximum Gasteiger partial charge on any atom is 0.308 e. The van der Waals surface area contributed by atoms with Crippen LogP contribution in [0.1, 0.15) is 33.5 Å². The summed E-state index contributed by atoms with van der Waals surface area (Å²) in [5.74, 6) is -0.335. The van der Waals surface area contributed by atoms with Gasteiger partial charge in [0.05, 0.1) is 0 Å². The molecule has 0 fully saturated rings. The number of esters is 1. The molecular formula is C16H17N3O5. The number of amides is 2. The van der Waals surface area contributed by atoms with Crippen LogP contribution in [0.15, 0.2) is 34.9 Å². The van der Waals surface area contributed by atoms with E-state index >= 15 is 0 Å². The number of rotatable bonds is 6. The van der Waals surface area contributed by atoms with E-state index in [4.69, 9.17) is 9.26 Å². The van der Waals surface area contributed by atoms with Crippen molar-refractivity contribution in [3.8, 4) is 5.75 Å². The van der Waals surface area contributed by atoms with E-state index in [2.05, 4.69) is 15.8 Å². The van der Waals surface area contributed by atoms with Crippen molar-refractivity contribution in [1.29, 1.82) is 0 Å². The van der Waals surface area contributed by atoms with Gasteiger partial charge in [0.15, 0.2) is 5.69 Å². The predicted molar refractivity (Wildman–Crippen MR) is 83.7 cm³/mol. The van der Waals surface area contributed by atoms with Crippen LogP contribution in [-0.4, -0.2) is 36.0 Å². The van der Waals surface area contributed by atoms with Crippen molar-refractivity contribution >= 4 is 17.8 Å². The Balaban J connectivity index is 1.79. The molecule has 1 aromatic heterocycles. The average molecular weight is 331 g/mol. The van der Waals surface area contributed by atoms with Gasteiger partial charge < -0.3 is 19.9 Å². The van der Waals surface area contributed by atoms with Crippen molar-refractivity contribution in [3.05, 3.63) is 47.3 Å². The van der Waals surface area contributed by atoms with E-state index in [-0.39, 0.29) is 30.6 Å². The molecule has 0 saturated heterocycles. The minimum atomic E-state index is -0.460. The van der Waals surface area contributed by atoms with E-state index in [1.165, 1.54) is 19.1 Å². The predicted octanol–water partition coefficient (Wildman–Crippen LogP) is 1.07. The van der Waals surface area contributed by atoms with Crippen molar-refractivity contribution in [2.24, 2.45) is 0 Å². The molecule has 2 aromatic rings. The van der Waals surface area contributed by atoms with Crippen LogP contribution in [0.5, 0.6) is 5.75 Å². The summed E-state index contributed by atoms with van der Waals surface area (Å²) in [5, 5.41) is 8.86. The first-order valence-corrected chi connectivity index (χ1v) is 7.24. The molecule has 2 rings (SSSR count). The van der Waals surface area contributed by atoms with Crippen molar-refractivity contribution < 1.29 is 23.6 Å². The van der Waals surface area contributed by atoms with Gasteiger partial charge in [-0.2, -0.15) is 0 Å². The van der Waals surface area contributed by atoms with E-state index in [1.807, 2.05) is 0 Å². The quantitative estimate of drug-likeness (QED) is 0.465. The first kappa shape index (κ1) is 17.2. The van der Waals surface area contributed by atoms with Crippen LogP contribution in [0.2, 0.25) is 0 Å². The maximum atomic E-state index is 12.0. The van der Waals surface area contributed by atoms with Gasteiger partial charge in [0, 0.05) is 31.6 Å². The van der Waals surface area contributed by atoms with Crippen molar-refractivity contribution in [3.63, 3.8) is 0 Å². The number of ether oxygens (including phenoxy) is 1. The summed E-state index contributed by atoms with van der Waals surface area (Å²) in [6.07, 6.45) is 0. The molecule has 2 N–H and O–H groups in total. The summed E-state index contributed by atoms with van der Waals surface area (Å²) in [7, 11) is 0. The van der Waals surface area contributed by atoms with Gasteiger partial charge in [-0.25, -0.2) is 0 Å². The molecule has 8 heteroatoms. The summed E-state index contributed by atoms with van der Waals surface area (Å²) in [6, 6.07) is 7.78. The molecule has 0 atom stereocenters. The minimum absolute atomic E-state index is 0.188. The van der Waals surface area contributed by atoms with Crippen molar-refractivity contribution in [2.45, 2.75) is 13.8 Å². The molecule has 0 aliphatic rings. The lowest BCUT2D eigenvalue weighted by molar-refractivity contribution is -0.131. The molecule has 0 spiro atoms.